The van der Waals surface area contributed by atoms with Crippen LogP contribution in [-0.4, -0.2) is 33.2 Å². The number of fused-ring (bicyclic) bond motifs is 3. The maximum absolute atomic E-state index is 13.0. The van der Waals surface area contributed by atoms with E-state index in [0.29, 0.717) is 22.6 Å². The van der Waals surface area contributed by atoms with Gasteiger partial charge in [-0.3, -0.25) is 14.2 Å². The highest BCUT2D eigenvalue weighted by Crippen LogP contribution is 2.35. The SMILES string of the molecule is CC(=O)c1cccc(OCC(O)Cn2cnc3sc4c(c3c2=O)CCC(C)C4)c1. The Balaban J connectivity index is 1.49. The van der Waals surface area contributed by atoms with E-state index in [9.17, 15) is 14.7 Å². The van der Waals surface area contributed by atoms with E-state index in [4.69, 9.17) is 4.74 Å². The summed E-state index contributed by atoms with van der Waals surface area (Å²) >= 11 is 1.62. The predicted octanol–water partition coefficient (Wildman–Crippen LogP) is 3.23. The van der Waals surface area contributed by atoms with E-state index in [1.807, 2.05) is 0 Å². The second-order valence-electron chi connectivity index (χ2n) is 7.78. The van der Waals surface area contributed by atoms with Gasteiger partial charge in [0.2, 0.25) is 0 Å². The van der Waals surface area contributed by atoms with Crippen molar-refractivity contribution in [2.45, 2.75) is 45.8 Å². The molecule has 1 aliphatic carbocycles. The number of rotatable bonds is 6. The van der Waals surface area contributed by atoms with Crippen molar-refractivity contribution in [3.8, 4) is 5.75 Å². The van der Waals surface area contributed by atoms with Crippen LogP contribution in [0.2, 0.25) is 0 Å². The molecule has 4 rings (SSSR count). The number of thiophene rings is 1. The first kappa shape index (κ1) is 19.8. The van der Waals surface area contributed by atoms with Crippen molar-refractivity contribution >= 4 is 27.3 Å². The van der Waals surface area contributed by atoms with Gasteiger partial charge in [-0.2, -0.15) is 0 Å². The number of aliphatic hydroxyl groups excluding tert-OH is 1. The van der Waals surface area contributed by atoms with Gasteiger partial charge in [-0.05, 0) is 49.8 Å². The molecule has 7 heteroatoms. The summed E-state index contributed by atoms with van der Waals surface area (Å²) in [7, 11) is 0. The van der Waals surface area contributed by atoms with Gasteiger partial charge in [0.05, 0.1) is 18.3 Å². The van der Waals surface area contributed by atoms with Crippen molar-refractivity contribution < 1.29 is 14.6 Å². The van der Waals surface area contributed by atoms with Crippen molar-refractivity contribution in [1.29, 1.82) is 0 Å². The lowest BCUT2D eigenvalue weighted by molar-refractivity contribution is 0.0913. The molecule has 3 aromatic rings. The van der Waals surface area contributed by atoms with E-state index in [2.05, 4.69) is 11.9 Å². The van der Waals surface area contributed by atoms with E-state index < -0.39 is 6.10 Å². The topological polar surface area (TPSA) is 81.4 Å². The number of carbonyl (C=O) groups is 1. The minimum atomic E-state index is -0.873. The molecule has 2 atom stereocenters. The fraction of sp³-hybridized carbons (Fsp3) is 0.409. The molecule has 6 nitrogen and oxygen atoms in total. The minimum absolute atomic E-state index is 0.0189. The molecule has 2 heterocycles. The molecule has 2 aromatic heterocycles. The van der Waals surface area contributed by atoms with Gasteiger partial charge in [0.15, 0.2) is 5.78 Å². The number of carbonyl (C=O) groups excluding carboxylic acids is 1. The Kier molecular flexibility index (Phi) is 5.52. The highest BCUT2D eigenvalue weighted by atomic mass is 32.1. The molecule has 0 spiro atoms. The summed E-state index contributed by atoms with van der Waals surface area (Å²) in [5, 5.41) is 11.1. The van der Waals surface area contributed by atoms with Crippen molar-refractivity contribution in [2.24, 2.45) is 5.92 Å². The average Bonchev–Trinajstić information content (AvgIpc) is 3.07. The number of hydrogen-bond acceptors (Lipinski definition) is 6. The van der Waals surface area contributed by atoms with E-state index in [1.54, 1.807) is 35.6 Å². The fourth-order valence-electron chi connectivity index (χ4n) is 3.77. The third-order valence-corrected chi connectivity index (χ3v) is 6.53. The van der Waals surface area contributed by atoms with Crippen molar-refractivity contribution in [3.63, 3.8) is 0 Å². The zero-order valence-electron chi connectivity index (χ0n) is 16.6. The summed E-state index contributed by atoms with van der Waals surface area (Å²) in [5.41, 5.74) is 1.60. The molecular formula is C22H24N2O4S. The van der Waals surface area contributed by atoms with Gasteiger partial charge < -0.3 is 9.84 Å². The first-order valence-electron chi connectivity index (χ1n) is 9.84. The third-order valence-electron chi connectivity index (χ3n) is 5.37. The summed E-state index contributed by atoms with van der Waals surface area (Å²) < 4.78 is 7.08. The number of benzene rings is 1. The van der Waals surface area contributed by atoms with Gasteiger partial charge in [0.1, 0.15) is 23.3 Å². The lowest BCUT2D eigenvalue weighted by Crippen LogP contribution is -2.30. The van der Waals surface area contributed by atoms with Crippen LogP contribution < -0.4 is 10.3 Å². The largest absolute Gasteiger partial charge is 0.491 e. The molecule has 0 amide bonds. The van der Waals surface area contributed by atoms with Crippen molar-refractivity contribution in [3.05, 3.63) is 57.0 Å². The summed E-state index contributed by atoms with van der Waals surface area (Å²) in [6.07, 6.45) is 3.64. The average molecular weight is 413 g/mol. The molecule has 0 radical (unpaired) electrons. The lowest BCUT2D eigenvalue weighted by atomic mass is 9.89. The molecule has 0 fully saturated rings. The Morgan fingerprint density at radius 1 is 1.45 bits per heavy atom. The van der Waals surface area contributed by atoms with E-state index in [1.165, 1.54) is 22.7 Å². The van der Waals surface area contributed by atoms with Crippen LogP contribution in [-0.2, 0) is 19.4 Å². The number of ether oxygens (including phenoxy) is 1. The van der Waals surface area contributed by atoms with Gasteiger partial charge in [0, 0.05) is 10.4 Å². The minimum Gasteiger partial charge on any atom is -0.491 e. The molecule has 29 heavy (non-hydrogen) atoms. The highest BCUT2D eigenvalue weighted by Gasteiger charge is 2.23. The van der Waals surface area contributed by atoms with Crippen LogP contribution in [0.4, 0.5) is 0 Å². The normalized spacial score (nSPS) is 17.1. The molecule has 0 bridgehead atoms. The third kappa shape index (κ3) is 4.11. The summed E-state index contributed by atoms with van der Waals surface area (Å²) in [4.78, 5) is 31.0. The molecule has 0 aliphatic heterocycles. The molecular weight excluding hydrogens is 388 g/mol. The zero-order chi connectivity index (χ0) is 20.5. The van der Waals surface area contributed by atoms with E-state index in [0.717, 1.165) is 29.7 Å². The van der Waals surface area contributed by atoms with Crippen LogP contribution in [0.25, 0.3) is 10.2 Å². The van der Waals surface area contributed by atoms with Crippen LogP contribution in [0.1, 0.15) is 41.1 Å². The van der Waals surface area contributed by atoms with Crippen LogP contribution in [0.3, 0.4) is 0 Å². The maximum Gasteiger partial charge on any atom is 0.262 e. The monoisotopic (exact) mass is 412 g/mol. The summed E-state index contributed by atoms with van der Waals surface area (Å²) in [6, 6.07) is 6.83. The molecule has 1 aliphatic rings. The number of hydrogen-bond donors (Lipinski definition) is 1. The molecule has 0 saturated carbocycles. The molecule has 1 aromatic carbocycles. The second-order valence-corrected chi connectivity index (χ2v) is 8.87. The first-order valence-corrected chi connectivity index (χ1v) is 10.7. The lowest BCUT2D eigenvalue weighted by Gasteiger charge is -2.17. The van der Waals surface area contributed by atoms with Crippen LogP contribution in [0, 0.1) is 5.92 Å². The highest BCUT2D eigenvalue weighted by molar-refractivity contribution is 7.18. The number of nitrogens with zero attached hydrogens (tertiary/aromatic N) is 2. The smallest absolute Gasteiger partial charge is 0.262 e. The summed E-state index contributed by atoms with van der Waals surface area (Å²) in [5.74, 6) is 1.10. The molecule has 1 N–H and O–H groups in total. The number of aryl methyl sites for hydroxylation is 1. The first-order chi connectivity index (χ1) is 13.9. The van der Waals surface area contributed by atoms with Gasteiger partial charge in [-0.25, -0.2) is 4.98 Å². The fourth-order valence-corrected chi connectivity index (χ4v) is 5.11. The Morgan fingerprint density at radius 3 is 3.07 bits per heavy atom. The van der Waals surface area contributed by atoms with Gasteiger partial charge in [0.25, 0.3) is 5.56 Å². The number of Topliss-reactive ketones (excluding diaryl/α,β-unsaturated/α-hetero) is 1. The Labute approximate surface area is 172 Å². The van der Waals surface area contributed by atoms with Gasteiger partial charge >= 0.3 is 0 Å². The van der Waals surface area contributed by atoms with Crippen molar-refractivity contribution in [2.75, 3.05) is 6.61 Å². The second kappa shape index (κ2) is 8.08. The molecule has 152 valence electrons. The predicted molar refractivity (Wildman–Crippen MR) is 113 cm³/mol. The molecule has 0 saturated heterocycles. The number of aliphatic hydroxyl groups is 1. The standard InChI is InChI=1S/C22H24N2O4S/c1-13-6-7-18-19(8-13)29-21-20(18)22(27)24(12-23-21)10-16(26)11-28-17-5-3-4-15(9-17)14(2)25/h3-5,9,12-13,16,26H,6-8,10-11H2,1-2H3. The Hall–Kier alpha value is -2.51. The van der Waals surface area contributed by atoms with Gasteiger partial charge in [-0.1, -0.05) is 19.1 Å². The van der Waals surface area contributed by atoms with Crippen LogP contribution >= 0.6 is 11.3 Å². The van der Waals surface area contributed by atoms with E-state index in [-0.39, 0.29) is 24.5 Å². The zero-order valence-corrected chi connectivity index (χ0v) is 17.4. The molecule has 2 unspecified atom stereocenters. The Bertz CT molecular complexity index is 1120. The van der Waals surface area contributed by atoms with Gasteiger partial charge in [-0.15, -0.1) is 11.3 Å². The van der Waals surface area contributed by atoms with E-state index >= 15 is 0 Å². The van der Waals surface area contributed by atoms with Crippen LogP contribution in [0.15, 0.2) is 35.4 Å². The number of ketones is 1. The Morgan fingerprint density at radius 2 is 2.28 bits per heavy atom. The van der Waals surface area contributed by atoms with Crippen LogP contribution in [0.5, 0.6) is 5.75 Å². The maximum atomic E-state index is 13.0. The quantitative estimate of drug-likeness (QED) is 0.629. The number of aromatic nitrogens is 2. The summed E-state index contributed by atoms with van der Waals surface area (Å²) in [6.45, 7) is 3.86. The van der Waals surface area contributed by atoms with Crippen molar-refractivity contribution in [1.82, 2.24) is 9.55 Å².